The molecule has 1 heterocycles. The quantitative estimate of drug-likeness (QED) is 0.524. The maximum Gasteiger partial charge on any atom is 0.410 e. The molecule has 1 aromatic carbocycles. The van der Waals surface area contributed by atoms with Gasteiger partial charge in [-0.3, -0.25) is 4.99 Å². The third-order valence-corrected chi connectivity index (χ3v) is 5.12. The first-order valence-electron chi connectivity index (χ1n) is 10.9. The second-order valence-electron chi connectivity index (χ2n) is 8.71. The molecule has 1 unspecified atom stereocenters. The average Bonchev–Trinajstić information content (AvgIpc) is 2.72. The Hall–Kier alpha value is -2.44. The summed E-state index contributed by atoms with van der Waals surface area (Å²) in [6.45, 7) is 8.85. The predicted octanol–water partition coefficient (Wildman–Crippen LogP) is 3.44. The predicted molar refractivity (Wildman–Crippen MR) is 121 cm³/mol. The minimum Gasteiger partial charge on any atom is -0.496 e. The van der Waals surface area contributed by atoms with Crippen LogP contribution in [0.1, 0.15) is 45.6 Å². The second kappa shape index (κ2) is 11.7. The Kier molecular flexibility index (Phi) is 9.27. The number of rotatable bonds is 7. The summed E-state index contributed by atoms with van der Waals surface area (Å²) in [6.07, 6.45) is 3.82. The molecule has 168 valence electrons. The zero-order chi connectivity index (χ0) is 22.0. The second-order valence-corrected chi connectivity index (χ2v) is 8.71. The van der Waals surface area contributed by atoms with E-state index in [1.54, 1.807) is 14.2 Å². The molecule has 1 aliphatic heterocycles. The van der Waals surface area contributed by atoms with Crippen LogP contribution in [-0.2, 0) is 11.2 Å². The van der Waals surface area contributed by atoms with Crippen molar-refractivity contribution in [3.63, 3.8) is 0 Å². The molecule has 1 aliphatic rings. The molecule has 0 bridgehead atoms. The van der Waals surface area contributed by atoms with Crippen molar-refractivity contribution in [3.05, 3.63) is 29.8 Å². The van der Waals surface area contributed by atoms with Crippen LogP contribution in [0, 0.1) is 5.92 Å². The number of hydrogen-bond acceptors (Lipinski definition) is 4. The highest BCUT2D eigenvalue weighted by Crippen LogP contribution is 2.21. The van der Waals surface area contributed by atoms with Gasteiger partial charge in [0.1, 0.15) is 11.4 Å². The number of guanidine groups is 1. The number of para-hydroxylation sites is 1. The lowest BCUT2D eigenvalue weighted by atomic mass is 9.95. The van der Waals surface area contributed by atoms with Crippen LogP contribution in [0.25, 0.3) is 0 Å². The molecule has 0 aliphatic carbocycles. The molecular weight excluding hydrogens is 380 g/mol. The normalized spacial score (nSPS) is 17.4. The summed E-state index contributed by atoms with van der Waals surface area (Å²) in [4.78, 5) is 18.5. The van der Waals surface area contributed by atoms with E-state index in [-0.39, 0.29) is 6.09 Å². The highest BCUT2D eigenvalue weighted by molar-refractivity contribution is 5.79. The van der Waals surface area contributed by atoms with E-state index in [1.807, 2.05) is 43.9 Å². The maximum absolute atomic E-state index is 12.3. The largest absolute Gasteiger partial charge is 0.496 e. The Morgan fingerprint density at radius 1 is 1.23 bits per heavy atom. The van der Waals surface area contributed by atoms with E-state index in [9.17, 15) is 4.79 Å². The van der Waals surface area contributed by atoms with Gasteiger partial charge in [0.25, 0.3) is 0 Å². The smallest absolute Gasteiger partial charge is 0.410 e. The minimum absolute atomic E-state index is 0.200. The lowest BCUT2D eigenvalue weighted by Crippen LogP contribution is -2.44. The SMILES string of the molecule is CN=C(NCCc1ccccc1OC)NCCC1CCCN(C(=O)OC(C)(C)C)C1. The number of methoxy groups -OCH3 is 1. The number of aliphatic imine (C=N–C) groups is 1. The summed E-state index contributed by atoms with van der Waals surface area (Å²) in [5, 5.41) is 6.75. The van der Waals surface area contributed by atoms with Crippen molar-refractivity contribution in [1.82, 2.24) is 15.5 Å². The molecule has 7 nitrogen and oxygen atoms in total. The molecule has 0 spiro atoms. The Morgan fingerprint density at radius 2 is 1.97 bits per heavy atom. The number of carbonyl (C=O) groups excluding carboxylic acids is 1. The number of ether oxygens (including phenoxy) is 2. The Balaban J connectivity index is 1.70. The van der Waals surface area contributed by atoms with Crippen molar-refractivity contribution in [2.75, 3.05) is 40.3 Å². The maximum atomic E-state index is 12.3. The van der Waals surface area contributed by atoms with Crippen molar-refractivity contribution in [3.8, 4) is 5.75 Å². The van der Waals surface area contributed by atoms with Crippen LogP contribution >= 0.6 is 0 Å². The zero-order valence-electron chi connectivity index (χ0n) is 19.2. The Bertz CT molecular complexity index is 700. The summed E-state index contributed by atoms with van der Waals surface area (Å²) in [6, 6.07) is 8.06. The highest BCUT2D eigenvalue weighted by Gasteiger charge is 2.27. The number of amides is 1. The Labute approximate surface area is 181 Å². The number of benzene rings is 1. The summed E-state index contributed by atoms with van der Waals surface area (Å²) < 4.78 is 10.9. The summed E-state index contributed by atoms with van der Waals surface area (Å²) in [5.74, 6) is 2.18. The zero-order valence-corrected chi connectivity index (χ0v) is 19.2. The van der Waals surface area contributed by atoms with Crippen molar-refractivity contribution in [2.45, 2.75) is 52.1 Å². The lowest BCUT2D eigenvalue weighted by molar-refractivity contribution is 0.0162. The van der Waals surface area contributed by atoms with Gasteiger partial charge in [-0.05, 0) is 64.0 Å². The third kappa shape index (κ3) is 8.13. The lowest BCUT2D eigenvalue weighted by Gasteiger charge is -2.34. The molecule has 7 heteroatoms. The van der Waals surface area contributed by atoms with E-state index in [2.05, 4.69) is 21.7 Å². The molecule has 0 aromatic heterocycles. The van der Waals surface area contributed by atoms with E-state index in [1.165, 1.54) is 5.56 Å². The van der Waals surface area contributed by atoms with E-state index in [0.717, 1.165) is 63.6 Å². The van der Waals surface area contributed by atoms with Gasteiger partial charge >= 0.3 is 6.09 Å². The van der Waals surface area contributed by atoms with Gasteiger partial charge in [-0.1, -0.05) is 18.2 Å². The number of carbonyl (C=O) groups is 1. The molecule has 2 N–H and O–H groups in total. The van der Waals surface area contributed by atoms with Crippen LogP contribution in [0.4, 0.5) is 4.79 Å². The summed E-state index contributed by atoms with van der Waals surface area (Å²) in [5.41, 5.74) is 0.723. The molecular formula is C23H38N4O3. The molecule has 30 heavy (non-hydrogen) atoms. The van der Waals surface area contributed by atoms with Crippen molar-refractivity contribution in [2.24, 2.45) is 10.9 Å². The van der Waals surface area contributed by atoms with E-state index >= 15 is 0 Å². The third-order valence-electron chi connectivity index (χ3n) is 5.12. The minimum atomic E-state index is -0.451. The first-order valence-corrected chi connectivity index (χ1v) is 10.9. The number of nitrogens with one attached hydrogen (secondary N) is 2. The van der Waals surface area contributed by atoms with Crippen LogP contribution in [0.15, 0.2) is 29.3 Å². The monoisotopic (exact) mass is 418 g/mol. The standard InChI is InChI=1S/C23H38N4O3/c1-23(2,3)30-22(28)27-16-8-9-18(17-27)12-14-25-21(24-4)26-15-13-19-10-6-7-11-20(19)29-5/h6-7,10-11,18H,8-9,12-17H2,1-5H3,(H2,24,25,26). The summed E-state index contributed by atoms with van der Waals surface area (Å²) in [7, 11) is 3.48. The van der Waals surface area contributed by atoms with Crippen LogP contribution in [0.5, 0.6) is 5.75 Å². The van der Waals surface area contributed by atoms with Crippen LogP contribution in [0.3, 0.4) is 0 Å². The van der Waals surface area contributed by atoms with Crippen LogP contribution in [-0.4, -0.2) is 62.9 Å². The van der Waals surface area contributed by atoms with Gasteiger partial charge in [0.15, 0.2) is 5.96 Å². The molecule has 1 fully saturated rings. The molecule has 0 radical (unpaired) electrons. The van der Waals surface area contributed by atoms with Gasteiger partial charge in [0.05, 0.1) is 7.11 Å². The van der Waals surface area contributed by atoms with E-state index in [4.69, 9.17) is 9.47 Å². The first kappa shape index (κ1) is 23.8. The number of likely N-dealkylation sites (tertiary alicyclic amines) is 1. The molecule has 1 amide bonds. The number of nitrogens with zero attached hydrogens (tertiary/aromatic N) is 2. The van der Waals surface area contributed by atoms with Gasteiger partial charge in [0, 0.05) is 33.2 Å². The van der Waals surface area contributed by atoms with Crippen LogP contribution < -0.4 is 15.4 Å². The topological polar surface area (TPSA) is 75.2 Å². The fraction of sp³-hybridized carbons (Fsp3) is 0.652. The molecule has 0 saturated carbocycles. The van der Waals surface area contributed by atoms with E-state index < -0.39 is 5.60 Å². The summed E-state index contributed by atoms with van der Waals surface area (Å²) >= 11 is 0. The van der Waals surface area contributed by atoms with Gasteiger partial charge in [-0.15, -0.1) is 0 Å². The van der Waals surface area contributed by atoms with Gasteiger partial charge in [0.2, 0.25) is 0 Å². The van der Waals surface area contributed by atoms with Gasteiger partial charge < -0.3 is 25.0 Å². The van der Waals surface area contributed by atoms with Gasteiger partial charge in [-0.2, -0.15) is 0 Å². The first-order chi connectivity index (χ1) is 14.3. The average molecular weight is 419 g/mol. The fourth-order valence-electron chi connectivity index (χ4n) is 3.63. The highest BCUT2D eigenvalue weighted by atomic mass is 16.6. The number of piperidine rings is 1. The number of hydrogen-bond donors (Lipinski definition) is 2. The Morgan fingerprint density at radius 3 is 2.67 bits per heavy atom. The molecule has 1 atom stereocenters. The molecule has 1 saturated heterocycles. The van der Waals surface area contributed by atoms with Gasteiger partial charge in [-0.25, -0.2) is 4.79 Å². The van der Waals surface area contributed by atoms with Crippen molar-refractivity contribution < 1.29 is 14.3 Å². The van der Waals surface area contributed by atoms with Crippen LogP contribution in [0.2, 0.25) is 0 Å². The van der Waals surface area contributed by atoms with Crippen molar-refractivity contribution >= 4 is 12.1 Å². The molecule has 2 rings (SSSR count). The van der Waals surface area contributed by atoms with E-state index in [0.29, 0.717) is 5.92 Å². The fourth-order valence-corrected chi connectivity index (χ4v) is 3.63. The molecule has 1 aromatic rings. The van der Waals surface area contributed by atoms with Crippen molar-refractivity contribution in [1.29, 1.82) is 0 Å².